The summed E-state index contributed by atoms with van der Waals surface area (Å²) in [6.07, 6.45) is 0.615. The van der Waals surface area contributed by atoms with E-state index >= 15 is 0 Å². The van der Waals surface area contributed by atoms with Gasteiger partial charge in [0, 0.05) is 12.8 Å². The fraction of sp³-hybridized carbons (Fsp3) is 0.308. The molecular weight excluding hydrogens is 300 g/mol. The van der Waals surface area contributed by atoms with Crippen LogP contribution in [0.3, 0.4) is 0 Å². The van der Waals surface area contributed by atoms with Crippen molar-refractivity contribution in [2.75, 3.05) is 5.73 Å². The first-order valence-corrected chi connectivity index (χ1v) is 6.54. The van der Waals surface area contributed by atoms with Crippen LogP contribution in [-0.2, 0) is 9.59 Å². The van der Waals surface area contributed by atoms with Crippen LogP contribution in [0.25, 0.3) is 0 Å². The Bertz CT molecular complexity index is 655. The van der Waals surface area contributed by atoms with Crippen molar-refractivity contribution in [3.8, 4) is 0 Å². The van der Waals surface area contributed by atoms with Crippen molar-refractivity contribution in [1.29, 1.82) is 0 Å². The van der Waals surface area contributed by atoms with Gasteiger partial charge < -0.3 is 5.73 Å². The van der Waals surface area contributed by atoms with Gasteiger partial charge in [0.2, 0.25) is 0 Å². The van der Waals surface area contributed by atoms with Crippen LogP contribution >= 0.6 is 11.6 Å². The molecule has 0 saturated heterocycles. The van der Waals surface area contributed by atoms with E-state index in [0.29, 0.717) is 6.42 Å². The van der Waals surface area contributed by atoms with Crippen molar-refractivity contribution in [2.45, 2.75) is 19.3 Å². The second kappa shape index (κ2) is 5.61. The number of nitrogens with zero attached hydrogens (tertiary/aromatic N) is 1. The van der Waals surface area contributed by atoms with Gasteiger partial charge in [-0.1, -0.05) is 11.6 Å². The highest BCUT2D eigenvalue weighted by Crippen LogP contribution is 2.35. The number of rotatable bonds is 3. The molecule has 21 heavy (non-hydrogen) atoms. The Balaban J connectivity index is 2.53. The molecule has 1 aliphatic rings. The molecule has 1 saturated carbocycles. The second-order valence-electron chi connectivity index (χ2n) is 4.70. The highest BCUT2D eigenvalue weighted by molar-refractivity contribution is 6.34. The molecule has 1 aliphatic carbocycles. The molecule has 0 bridgehead atoms. The minimum Gasteiger partial charge on any atom is -0.392 e. The minimum absolute atomic E-state index is 0.0699. The highest BCUT2D eigenvalue weighted by atomic mass is 35.5. The van der Waals surface area contributed by atoms with Crippen LogP contribution in [0.15, 0.2) is 12.1 Å². The molecule has 8 heteroatoms. The summed E-state index contributed by atoms with van der Waals surface area (Å²) in [7, 11) is 0. The summed E-state index contributed by atoms with van der Waals surface area (Å²) in [4.78, 5) is 46.2. The number of nitrogen functional groups attached to an aromatic ring is 1. The zero-order valence-electron chi connectivity index (χ0n) is 10.8. The number of nitro groups is 1. The molecule has 0 aliphatic heterocycles. The molecular formula is C13H11ClN2O5. The number of anilines is 1. The number of benzene rings is 1. The maximum Gasteiger partial charge on any atom is 0.304 e. The maximum absolute atomic E-state index is 12.4. The first-order valence-electron chi connectivity index (χ1n) is 6.16. The van der Waals surface area contributed by atoms with Gasteiger partial charge in [0.15, 0.2) is 17.3 Å². The van der Waals surface area contributed by atoms with Crippen molar-refractivity contribution in [3.05, 3.63) is 32.8 Å². The molecule has 0 amide bonds. The molecule has 110 valence electrons. The number of hydrogen-bond donors (Lipinski definition) is 1. The molecule has 1 fully saturated rings. The topological polar surface area (TPSA) is 120 Å². The van der Waals surface area contributed by atoms with Gasteiger partial charge in [0.1, 0.15) is 11.6 Å². The van der Waals surface area contributed by atoms with Crippen LogP contribution in [0.1, 0.15) is 29.6 Å². The maximum atomic E-state index is 12.4. The largest absolute Gasteiger partial charge is 0.392 e. The van der Waals surface area contributed by atoms with Crippen molar-refractivity contribution in [3.63, 3.8) is 0 Å². The van der Waals surface area contributed by atoms with Crippen LogP contribution in [0, 0.1) is 16.0 Å². The zero-order chi connectivity index (χ0) is 15.7. The summed E-state index contributed by atoms with van der Waals surface area (Å²) < 4.78 is 0. The van der Waals surface area contributed by atoms with E-state index in [0.717, 1.165) is 6.07 Å². The lowest BCUT2D eigenvalue weighted by Crippen LogP contribution is -2.35. The average molecular weight is 311 g/mol. The van der Waals surface area contributed by atoms with E-state index in [1.54, 1.807) is 0 Å². The predicted molar refractivity (Wildman–Crippen MR) is 74.2 cm³/mol. The molecule has 1 aromatic carbocycles. The number of nitro benzene ring substituents is 1. The summed E-state index contributed by atoms with van der Waals surface area (Å²) in [5.41, 5.74) is 4.13. The van der Waals surface area contributed by atoms with Gasteiger partial charge in [-0.3, -0.25) is 24.5 Å². The smallest absolute Gasteiger partial charge is 0.304 e. The molecule has 0 spiro atoms. The van der Waals surface area contributed by atoms with E-state index in [2.05, 4.69) is 0 Å². The van der Waals surface area contributed by atoms with Gasteiger partial charge in [-0.05, 0) is 18.6 Å². The van der Waals surface area contributed by atoms with Gasteiger partial charge in [-0.15, -0.1) is 0 Å². The molecule has 0 heterocycles. The third-order valence-corrected chi connectivity index (χ3v) is 3.69. The molecule has 0 radical (unpaired) electrons. The van der Waals surface area contributed by atoms with E-state index < -0.39 is 33.9 Å². The fourth-order valence-corrected chi connectivity index (χ4v) is 2.48. The number of carbonyl (C=O) groups is 3. The SMILES string of the molecule is Nc1c(Cl)ccc(C(=O)C2C(=O)CCCC2=O)c1[N+](=O)[O-]. The van der Waals surface area contributed by atoms with Crippen molar-refractivity contribution < 1.29 is 19.3 Å². The molecule has 2 N–H and O–H groups in total. The van der Waals surface area contributed by atoms with E-state index in [-0.39, 0.29) is 29.1 Å². The third kappa shape index (κ3) is 2.64. The summed E-state index contributed by atoms with van der Waals surface area (Å²) >= 11 is 5.70. The zero-order valence-corrected chi connectivity index (χ0v) is 11.6. The lowest BCUT2D eigenvalue weighted by Gasteiger charge is -2.18. The van der Waals surface area contributed by atoms with Crippen LogP contribution in [-0.4, -0.2) is 22.3 Å². The molecule has 0 unspecified atom stereocenters. The lowest BCUT2D eigenvalue weighted by atomic mass is 9.81. The Morgan fingerprint density at radius 1 is 1.29 bits per heavy atom. The first-order chi connectivity index (χ1) is 9.84. The Kier molecular flexibility index (Phi) is 4.04. The second-order valence-corrected chi connectivity index (χ2v) is 5.10. The number of Topliss-reactive ketones (excluding diaryl/α,β-unsaturated/α-hetero) is 3. The van der Waals surface area contributed by atoms with E-state index in [1.807, 2.05) is 0 Å². The van der Waals surface area contributed by atoms with Crippen molar-refractivity contribution in [2.24, 2.45) is 5.92 Å². The van der Waals surface area contributed by atoms with Crippen molar-refractivity contribution >= 4 is 40.3 Å². The Labute approximate surface area is 124 Å². The monoisotopic (exact) mass is 310 g/mol. The van der Waals surface area contributed by atoms with Crippen molar-refractivity contribution in [1.82, 2.24) is 0 Å². The van der Waals surface area contributed by atoms with Gasteiger partial charge in [0.05, 0.1) is 15.5 Å². The van der Waals surface area contributed by atoms with Crippen LogP contribution in [0.5, 0.6) is 0 Å². The van der Waals surface area contributed by atoms with Crippen LogP contribution < -0.4 is 5.73 Å². The van der Waals surface area contributed by atoms with Crippen LogP contribution in [0.4, 0.5) is 11.4 Å². The Morgan fingerprint density at radius 2 is 1.86 bits per heavy atom. The number of nitrogens with two attached hydrogens (primary N) is 1. The first kappa shape index (κ1) is 15.1. The fourth-order valence-electron chi connectivity index (χ4n) is 2.33. The summed E-state index contributed by atoms with van der Waals surface area (Å²) in [6.45, 7) is 0. The van der Waals surface area contributed by atoms with E-state index in [1.165, 1.54) is 6.07 Å². The van der Waals surface area contributed by atoms with Crippen LogP contribution in [0.2, 0.25) is 5.02 Å². The average Bonchev–Trinajstić information content (AvgIpc) is 2.40. The standard InChI is InChI=1S/C13H11ClN2O5/c14-7-5-4-6(12(11(7)15)16(20)21)13(19)10-8(17)2-1-3-9(10)18/h4-5,10H,1-3,15H2. The van der Waals surface area contributed by atoms with Gasteiger partial charge in [-0.2, -0.15) is 0 Å². The molecule has 2 rings (SSSR count). The predicted octanol–water partition coefficient (Wildman–Crippen LogP) is 1.95. The highest BCUT2D eigenvalue weighted by Gasteiger charge is 2.39. The number of carbonyl (C=O) groups excluding carboxylic acids is 3. The van der Waals surface area contributed by atoms with E-state index in [4.69, 9.17) is 17.3 Å². The Morgan fingerprint density at radius 3 is 2.38 bits per heavy atom. The summed E-state index contributed by atoms with van der Waals surface area (Å²) in [5.74, 6) is -3.39. The number of hydrogen-bond acceptors (Lipinski definition) is 6. The number of ketones is 3. The summed E-state index contributed by atoms with van der Waals surface area (Å²) in [6, 6.07) is 2.35. The minimum atomic E-state index is -1.47. The molecule has 7 nitrogen and oxygen atoms in total. The van der Waals surface area contributed by atoms with Gasteiger partial charge in [0.25, 0.3) is 0 Å². The molecule has 0 aromatic heterocycles. The van der Waals surface area contributed by atoms with Gasteiger partial charge in [-0.25, -0.2) is 0 Å². The molecule has 1 aromatic rings. The normalized spacial score (nSPS) is 16.0. The molecule has 0 atom stereocenters. The Hall–Kier alpha value is -2.28. The number of halogens is 1. The quantitative estimate of drug-likeness (QED) is 0.299. The summed E-state index contributed by atoms with van der Waals surface area (Å²) in [5, 5.41) is 11.0. The van der Waals surface area contributed by atoms with E-state index in [9.17, 15) is 24.5 Å². The lowest BCUT2D eigenvalue weighted by molar-refractivity contribution is -0.384. The third-order valence-electron chi connectivity index (χ3n) is 3.36. The van der Waals surface area contributed by atoms with Gasteiger partial charge >= 0.3 is 5.69 Å².